The Bertz CT molecular complexity index is 416. The molecule has 0 aliphatic rings. The van der Waals surface area contributed by atoms with Crippen molar-refractivity contribution in [1.29, 1.82) is 0 Å². The summed E-state index contributed by atoms with van der Waals surface area (Å²) >= 11 is 0. The third-order valence-electron chi connectivity index (χ3n) is 1.44. The van der Waals surface area contributed by atoms with Gasteiger partial charge in [0.15, 0.2) is 0 Å². The van der Waals surface area contributed by atoms with Gasteiger partial charge in [-0.3, -0.25) is 0 Å². The van der Waals surface area contributed by atoms with Gasteiger partial charge in [0.05, 0.1) is 0 Å². The average molecular weight is 163 g/mol. The second kappa shape index (κ2) is 2.70. The van der Waals surface area contributed by atoms with E-state index < -0.39 is 0 Å². The van der Waals surface area contributed by atoms with E-state index in [2.05, 4.69) is 17.6 Å². The van der Waals surface area contributed by atoms with Crippen LogP contribution in [0, 0.1) is 12.3 Å². The number of aryl methyl sites for hydroxylation is 1. The molecule has 0 saturated carbocycles. The summed E-state index contributed by atoms with van der Waals surface area (Å²) < 4.78 is 2.48. The molecule has 0 saturated heterocycles. The highest BCUT2D eigenvalue weighted by Gasteiger charge is 2.08. The molecule has 4 nitrogen and oxygen atoms in total. The topological polar surface area (TPSA) is 39.8 Å². The van der Waals surface area contributed by atoms with Crippen LogP contribution in [-0.4, -0.2) is 14.3 Å². The van der Waals surface area contributed by atoms with Crippen LogP contribution < -0.4 is 5.69 Å². The van der Waals surface area contributed by atoms with E-state index in [0.717, 1.165) is 0 Å². The molecule has 62 valence electrons. The van der Waals surface area contributed by atoms with Crippen molar-refractivity contribution in [3.05, 3.63) is 22.9 Å². The number of hydrogen-bond acceptors (Lipinski definition) is 2. The summed E-state index contributed by atoms with van der Waals surface area (Å²) in [5.41, 5.74) is 0.302. The predicted octanol–water partition coefficient (Wildman–Crippen LogP) is 0.0537. The van der Waals surface area contributed by atoms with Gasteiger partial charge >= 0.3 is 5.69 Å². The van der Waals surface area contributed by atoms with E-state index in [0.29, 0.717) is 5.70 Å². The van der Waals surface area contributed by atoms with Gasteiger partial charge in [0.2, 0.25) is 5.82 Å². The van der Waals surface area contributed by atoms with E-state index >= 15 is 0 Å². The molecule has 0 N–H and O–H groups in total. The minimum absolute atomic E-state index is 0.268. The Morgan fingerprint density at radius 2 is 2.33 bits per heavy atom. The van der Waals surface area contributed by atoms with Crippen LogP contribution in [0.3, 0.4) is 0 Å². The smallest absolute Gasteiger partial charge is 0.246 e. The molecule has 0 aliphatic carbocycles. The largest absolute Gasteiger partial charge is 0.350 e. The molecule has 0 fully saturated rings. The molecular weight excluding hydrogens is 154 g/mol. The summed E-state index contributed by atoms with van der Waals surface area (Å²) in [4.78, 5) is 11.3. The Labute approximate surface area is 70.1 Å². The molecule has 0 aromatic carbocycles. The molecule has 0 atom stereocenters. The lowest BCUT2D eigenvalue weighted by atomic mass is 10.5. The Balaban J connectivity index is 3.55. The number of hydrogen-bond donors (Lipinski definition) is 0. The molecule has 1 heterocycles. The Kier molecular flexibility index (Phi) is 1.88. The fraction of sp³-hybridized carbons (Fsp3) is 0.250. The first-order valence-electron chi connectivity index (χ1n) is 3.36. The Morgan fingerprint density at radius 3 is 2.67 bits per heavy atom. The third-order valence-corrected chi connectivity index (χ3v) is 1.44. The van der Waals surface area contributed by atoms with Gasteiger partial charge in [-0.15, -0.1) is 11.5 Å². The summed E-state index contributed by atoms with van der Waals surface area (Å²) in [5, 5.41) is 3.82. The molecule has 0 aliphatic heterocycles. The second-order valence-electron chi connectivity index (χ2n) is 2.44. The van der Waals surface area contributed by atoms with Gasteiger partial charge in [-0.2, -0.15) is 0 Å². The molecule has 4 heteroatoms. The first kappa shape index (κ1) is 8.34. The van der Waals surface area contributed by atoms with Gasteiger partial charge in [-0.1, -0.05) is 6.58 Å². The molecular formula is C8H9N3O. The third kappa shape index (κ3) is 1.05. The zero-order valence-corrected chi connectivity index (χ0v) is 7.03. The van der Waals surface area contributed by atoms with Gasteiger partial charge in [0.1, 0.15) is 0 Å². The van der Waals surface area contributed by atoms with Crippen molar-refractivity contribution in [2.24, 2.45) is 7.05 Å². The first-order valence-corrected chi connectivity index (χ1v) is 3.36. The monoisotopic (exact) mass is 163 g/mol. The predicted molar refractivity (Wildman–Crippen MR) is 46.4 cm³/mol. The van der Waals surface area contributed by atoms with Crippen molar-refractivity contribution < 1.29 is 0 Å². The summed E-state index contributed by atoms with van der Waals surface area (Å²) in [6.07, 6.45) is 5.14. The molecule has 1 aromatic rings. The molecule has 1 rings (SSSR count). The number of allylic oxidation sites excluding steroid dienone is 1. The standard InChI is InChI=1S/C8H9N3O/c1-5-7-9-10(4)8(12)11(7)6(2)3/h1H,2H2,3-4H3. The normalized spacial score (nSPS) is 9.42. The highest BCUT2D eigenvalue weighted by atomic mass is 16.2. The van der Waals surface area contributed by atoms with Crippen LogP contribution in [0.1, 0.15) is 12.7 Å². The van der Waals surface area contributed by atoms with Gasteiger partial charge in [-0.25, -0.2) is 14.0 Å². The van der Waals surface area contributed by atoms with Crippen molar-refractivity contribution in [3.63, 3.8) is 0 Å². The Hall–Kier alpha value is -1.76. The highest BCUT2D eigenvalue weighted by molar-refractivity contribution is 5.41. The lowest BCUT2D eigenvalue weighted by Crippen LogP contribution is -2.21. The quantitative estimate of drug-likeness (QED) is 0.549. The van der Waals surface area contributed by atoms with Gasteiger partial charge in [0.25, 0.3) is 0 Å². The van der Waals surface area contributed by atoms with Crippen molar-refractivity contribution in [2.45, 2.75) is 6.92 Å². The van der Waals surface area contributed by atoms with Crippen LogP contribution in [0.4, 0.5) is 0 Å². The zero-order valence-electron chi connectivity index (χ0n) is 7.03. The molecule has 12 heavy (non-hydrogen) atoms. The number of rotatable bonds is 1. The minimum atomic E-state index is -0.268. The van der Waals surface area contributed by atoms with Crippen LogP contribution in [0.5, 0.6) is 0 Å². The maximum absolute atomic E-state index is 11.3. The van der Waals surface area contributed by atoms with Crippen LogP contribution in [0.2, 0.25) is 0 Å². The molecule has 0 amide bonds. The zero-order chi connectivity index (χ0) is 9.30. The molecule has 1 aromatic heterocycles. The fourth-order valence-electron chi connectivity index (χ4n) is 0.902. The van der Waals surface area contributed by atoms with E-state index in [1.165, 1.54) is 9.25 Å². The van der Waals surface area contributed by atoms with Crippen molar-refractivity contribution >= 4 is 5.70 Å². The molecule has 0 spiro atoms. The average Bonchev–Trinajstić information content (AvgIpc) is 2.28. The Morgan fingerprint density at radius 1 is 1.75 bits per heavy atom. The van der Waals surface area contributed by atoms with Gasteiger partial charge < -0.3 is 0 Å². The lowest BCUT2D eigenvalue weighted by Gasteiger charge is -1.96. The van der Waals surface area contributed by atoms with Crippen molar-refractivity contribution in [1.82, 2.24) is 14.3 Å². The van der Waals surface area contributed by atoms with E-state index in [1.54, 1.807) is 14.0 Å². The molecule has 0 radical (unpaired) electrons. The summed E-state index contributed by atoms with van der Waals surface area (Å²) in [7, 11) is 1.54. The number of aromatic nitrogens is 3. The second-order valence-corrected chi connectivity index (χ2v) is 2.44. The summed E-state index contributed by atoms with van der Waals surface area (Å²) in [6.45, 7) is 5.32. The molecule has 0 bridgehead atoms. The SMILES string of the molecule is C#Cc1nn(C)c(=O)n1C(=C)C. The van der Waals surface area contributed by atoms with Gasteiger partial charge in [-0.05, 0) is 12.8 Å². The summed E-state index contributed by atoms with van der Waals surface area (Å²) in [5.74, 6) is 2.60. The number of nitrogens with zero attached hydrogens (tertiary/aromatic N) is 3. The van der Waals surface area contributed by atoms with E-state index in [-0.39, 0.29) is 11.5 Å². The van der Waals surface area contributed by atoms with Crippen molar-refractivity contribution in [3.8, 4) is 12.3 Å². The highest BCUT2D eigenvalue weighted by Crippen LogP contribution is 1.98. The van der Waals surface area contributed by atoms with Crippen molar-refractivity contribution in [2.75, 3.05) is 0 Å². The lowest BCUT2D eigenvalue weighted by molar-refractivity contribution is 0.726. The van der Waals surface area contributed by atoms with E-state index in [4.69, 9.17) is 6.42 Å². The maximum atomic E-state index is 11.3. The minimum Gasteiger partial charge on any atom is -0.246 e. The van der Waals surface area contributed by atoms with E-state index in [9.17, 15) is 4.79 Å². The van der Waals surface area contributed by atoms with Crippen LogP contribution in [0.15, 0.2) is 11.4 Å². The first-order chi connectivity index (χ1) is 5.57. The van der Waals surface area contributed by atoms with Crippen LogP contribution in [0.25, 0.3) is 5.70 Å². The van der Waals surface area contributed by atoms with Gasteiger partial charge in [0, 0.05) is 12.7 Å². The van der Waals surface area contributed by atoms with Crippen LogP contribution >= 0.6 is 0 Å². The molecule has 0 unspecified atom stereocenters. The summed E-state index contributed by atoms with van der Waals surface area (Å²) in [6, 6.07) is 0. The van der Waals surface area contributed by atoms with E-state index in [1.807, 2.05) is 0 Å². The fourth-order valence-corrected chi connectivity index (χ4v) is 0.902. The number of terminal acetylenes is 1. The maximum Gasteiger partial charge on any atom is 0.350 e. The van der Waals surface area contributed by atoms with Crippen LogP contribution in [-0.2, 0) is 7.05 Å².